The van der Waals surface area contributed by atoms with Crippen LogP contribution in [0.25, 0.3) is 0 Å². The highest BCUT2D eigenvalue weighted by molar-refractivity contribution is 5.94. The van der Waals surface area contributed by atoms with Gasteiger partial charge < -0.3 is 0 Å². The Kier molecular flexibility index (Phi) is 2.48. The molecule has 0 aromatic carbocycles. The fourth-order valence-electron chi connectivity index (χ4n) is 3.26. The van der Waals surface area contributed by atoms with Crippen molar-refractivity contribution < 1.29 is 9.59 Å². The van der Waals surface area contributed by atoms with Crippen molar-refractivity contribution in [2.75, 3.05) is 0 Å². The van der Waals surface area contributed by atoms with Gasteiger partial charge in [0.25, 0.3) is 0 Å². The number of carbonyl (C=O) groups is 2. The minimum atomic E-state index is -0.245. The Hall–Kier alpha value is -0.660. The molecule has 0 atom stereocenters. The normalized spacial score (nSPS) is 29.5. The van der Waals surface area contributed by atoms with Crippen molar-refractivity contribution in [2.45, 2.75) is 58.8 Å². The zero-order valence-corrected chi connectivity index (χ0v) is 9.77. The molecule has 2 saturated carbocycles. The monoisotopic (exact) mass is 208 g/mol. The Morgan fingerprint density at radius 3 is 2.13 bits per heavy atom. The minimum Gasteiger partial charge on any atom is -0.300 e. The molecule has 0 aromatic heterocycles. The molecule has 2 heteroatoms. The van der Waals surface area contributed by atoms with Gasteiger partial charge in [-0.1, -0.05) is 26.7 Å². The molecule has 0 N–H and O–H groups in total. The molecule has 2 fully saturated rings. The molecule has 0 saturated heterocycles. The van der Waals surface area contributed by atoms with Gasteiger partial charge in [0, 0.05) is 24.7 Å². The molecule has 0 unspecified atom stereocenters. The summed E-state index contributed by atoms with van der Waals surface area (Å²) in [5.74, 6) is 0.656. The van der Waals surface area contributed by atoms with E-state index in [1.807, 2.05) is 13.8 Å². The Bertz CT molecular complexity index is 296. The number of Topliss-reactive ketones (excluding diaryl/α,β-unsaturated/α-hetero) is 2. The highest BCUT2D eigenvalue weighted by Gasteiger charge is 2.46. The van der Waals surface area contributed by atoms with Crippen LogP contribution in [-0.2, 0) is 9.59 Å². The third kappa shape index (κ3) is 1.99. The first-order chi connectivity index (χ1) is 6.94. The van der Waals surface area contributed by atoms with E-state index in [0.717, 1.165) is 25.7 Å². The molecule has 2 nitrogen and oxygen atoms in total. The lowest BCUT2D eigenvalue weighted by atomic mass is 9.76. The van der Waals surface area contributed by atoms with Gasteiger partial charge in [-0.25, -0.2) is 0 Å². The molecule has 2 aliphatic rings. The van der Waals surface area contributed by atoms with Crippen LogP contribution in [0.4, 0.5) is 0 Å². The van der Waals surface area contributed by atoms with E-state index in [9.17, 15) is 9.59 Å². The first kappa shape index (κ1) is 10.8. The molecular weight excluding hydrogens is 188 g/mol. The average Bonchev–Trinajstić information content (AvgIpc) is 2.47. The molecule has 0 bridgehead atoms. The van der Waals surface area contributed by atoms with Gasteiger partial charge in [-0.15, -0.1) is 0 Å². The summed E-state index contributed by atoms with van der Waals surface area (Å²) < 4.78 is 0. The fraction of sp³-hybridized carbons (Fsp3) is 0.846. The molecule has 1 spiro atoms. The number of carbonyl (C=O) groups excluding carboxylic acids is 2. The SMILES string of the molecule is CC1(C)CC(=O)CC2(CCCC2)C(=O)C1. The molecule has 2 aliphatic carbocycles. The van der Waals surface area contributed by atoms with Gasteiger partial charge >= 0.3 is 0 Å². The summed E-state index contributed by atoms with van der Waals surface area (Å²) in [4.78, 5) is 24.1. The van der Waals surface area contributed by atoms with Crippen LogP contribution in [-0.4, -0.2) is 11.6 Å². The smallest absolute Gasteiger partial charge is 0.140 e. The molecule has 84 valence electrons. The fourth-order valence-corrected chi connectivity index (χ4v) is 3.26. The van der Waals surface area contributed by atoms with Gasteiger partial charge in [0.1, 0.15) is 11.6 Å². The second-order valence-electron chi connectivity index (χ2n) is 6.14. The van der Waals surface area contributed by atoms with Crippen LogP contribution in [0.5, 0.6) is 0 Å². The van der Waals surface area contributed by atoms with Crippen LogP contribution >= 0.6 is 0 Å². The van der Waals surface area contributed by atoms with Crippen molar-refractivity contribution in [1.29, 1.82) is 0 Å². The summed E-state index contributed by atoms with van der Waals surface area (Å²) in [5.41, 5.74) is -0.356. The molecule has 0 aromatic rings. The maximum absolute atomic E-state index is 12.2. The van der Waals surface area contributed by atoms with Crippen LogP contribution in [0.15, 0.2) is 0 Å². The lowest BCUT2D eigenvalue weighted by Gasteiger charge is -2.26. The van der Waals surface area contributed by atoms with E-state index in [-0.39, 0.29) is 10.8 Å². The summed E-state index contributed by atoms with van der Waals surface area (Å²) in [6.07, 6.45) is 5.86. The predicted molar refractivity (Wildman–Crippen MR) is 58.5 cm³/mol. The van der Waals surface area contributed by atoms with Crippen molar-refractivity contribution >= 4 is 11.6 Å². The molecule has 2 rings (SSSR count). The van der Waals surface area contributed by atoms with Crippen LogP contribution < -0.4 is 0 Å². The Morgan fingerprint density at radius 2 is 1.53 bits per heavy atom. The van der Waals surface area contributed by atoms with Gasteiger partial charge in [0.2, 0.25) is 0 Å². The quantitative estimate of drug-likeness (QED) is 0.613. The topological polar surface area (TPSA) is 34.1 Å². The van der Waals surface area contributed by atoms with Gasteiger partial charge in [-0.2, -0.15) is 0 Å². The maximum Gasteiger partial charge on any atom is 0.140 e. The largest absolute Gasteiger partial charge is 0.300 e. The molecule has 0 radical (unpaired) electrons. The van der Waals surface area contributed by atoms with Crippen molar-refractivity contribution in [1.82, 2.24) is 0 Å². The Balaban J connectivity index is 2.27. The molecule has 15 heavy (non-hydrogen) atoms. The van der Waals surface area contributed by atoms with Crippen LogP contribution in [0.1, 0.15) is 58.8 Å². The first-order valence-corrected chi connectivity index (χ1v) is 5.99. The van der Waals surface area contributed by atoms with E-state index in [2.05, 4.69) is 0 Å². The van der Waals surface area contributed by atoms with E-state index < -0.39 is 0 Å². The van der Waals surface area contributed by atoms with Crippen LogP contribution in [0, 0.1) is 10.8 Å². The third-order valence-corrected chi connectivity index (χ3v) is 4.00. The molecule has 0 amide bonds. The van der Waals surface area contributed by atoms with E-state index >= 15 is 0 Å². The highest BCUT2D eigenvalue weighted by Crippen LogP contribution is 2.48. The van der Waals surface area contributed by atoms with Crippen molar-refractivity contribution in [3.05, 3.63) is 0 Å². The lowest BCUT2D eigenvalue weighted by molar-refractivity contribution is -0.132. The Labute approximate surface area is 91.4 Å². The molecule has 0 heterocycles. The van der Waals surface area contributed by atoms with Crippen LogP contribution in [0.3, 0.4) is 0 Å². The minimum absolute atomic E-state index is 0.111. The average molecular weight is 208 g/mol. The van der Waals surface area contributed by atoms with Gasteiger partial charge in [0.05, 0.1) is 0 Å². The number of rotatable bonds is 0. The van der Waals surface area contributed by atoms with Crippen molar-refractivity contribution in [3.63, 3.8) is 0 Å². The summed E-state index contributed by atoms with van der Waals surface area (Å²) in [7, 11) is 0. The van der Waals surface area contributed by atoms with E-state index in [4.69, 9.17) is 0 Å². The Morgan fingerprint density at radius 1 is 0.933 bits per heavy atom. The maximum atomic E-state index is 12.2. The highest BCUT2D eigenvalue weighted by atomic mass is 16.1. The summed E-state index contributed by atoms with van der Waals surface area (Å²) >= 11 is 0. The van der Waals surface area contributed by atoms with Gasteiger partial charge in [-0.05, 0) is 18.3 Å². The van der Waals surface area contributed by atoms with Crippen molar-refractivity contribution in [3.8, 4) is 0 Å². The molecular formula is C13H20O2. The zero-order valence-electron chi connectivity index (χ0n) is 9.77. The number of hydrogen-bond donors (Lipinski definition) is 0. The van der Waals surface area contributed by atoms with Gasteiger partial charge in [-0.3, -0.25) is 9.59 Å². The lowest BCUT2D eigenvalue weighted by Crippen LogP contribution is -2.29. The first-order valence-electron chi connectivity index (χ1n) is 5.99. The zero-order chi connectivity index (χ0) is 11.1. The van der Waals surface area contributed by atoms with E-state index in [0.29, 0.717) is 30.8 Å². The van der Waals surface area contributed by atoms with Crippen molar-refractivity contribution in [2.24, 2.45) is 10.8 Å². The van der Waals surface area contributed by atoms with E-state index in [1.165, 1.54) is 0 Å². The van der Waals surface area contributed by atoms with Crippen LogP contribution in [0.2, 0.25) is 0 Å². The standard InChI is InChI=1S/C13H20O2/c1-12(2)7-10(14)8-13(11(15)9-12)5-3-4-6-13/h3-9H2,1-2H3. The van der Waals surface area contributed by atoms with E-state index in [1.54, 1.807) is 0 Å². The van der Waals surface area contributed by atoms with Gasteiger partial charge in [0.15, 0.2) is 0 Å². The second-order valence-corrected chi connectivity index (χ2v) is 6.14. The number of ketones is 2. The predicted octanol–water partition coefficient (Wildman–Crippen LogP) is 2.90. The third-order valence-electron chi connectivity index (χ3n) is 4.00. The summed E-state index contributed by atoms with van der Waals surface area (Å²) in [6.45, 7) is 4.08. The summed E-state index contributed by atoms with van der Waals surface area (Å²) in [5, 5.41) is 0. The number of hydrogen-bond acceptors (Lipinski definition) is 2. The second kappa shape index (κ2) is 3.43. The molecule has 0 aliphatic heterocycles. The summed E-state index contributed by atoms with van der Waals surface area (Å²) in [6, 6.07) is 0.